The lowest BCUT2D eigenvalue weighted by molar-refractivity contribution is -0.113. The molecule has 3 heterocycles. The first-order valence-electron chi connectivity index (χ1n) is 10.3. The third kappa shape index (κ3) is 4.14. The van der Waals surface area contributed by atoms with Crippen LogP contribution < -0.4 is 4.90 Å². The highest BCUT2D eigenvalue weighted by Gasteiger charge is 2.18. The van der Waals surface area contributed by atoms with Crippen molar-refractivity contribution in [3.63, 3.8) is 0 Å². The van der Waals surface area contributed by atoms with E-state index in [4.69, 9.17) is 0 Å². The Kier molecular flexibility index (Phi) is 5.83. The van der Waals surface area contributed by atoms with Gasteiger partial charge in [0.25, 0.3) is 0 Å². The molecule has 0 radical (unpaired) electrons. The van der Waals surface area contributed by atoms with E-state index in [9.17, 15) is 4.79 Å². The minimum absolute atomic E-state index is 0.120. The van der Waals surface area contributed by atoms with Crippen molar-refractivity contribution >= 4 is 39.4 Å². The van der Waals surface area contributed by atoms with E-state index in [-0.39, 0.29) is 5.78 Å². The Balaban J connectivity index is 1.62. The van der Waals surface area contributed by atoms with Crippen LogP contribution in [0.5, 0.6) is 0 Å². The van der Waals surface area contributed by atoms with Gasteiger partial charge in [-0.05, 0) is 42.8 Å². The second-order valence-electron chi connectivity index (χ2n) is 7.52. The smallest absolute Gasteiger partial charge is 0.194 e. The number of allylic oxidation sites excluding steroid dienone is 1. The van der Waals surface area contributed by atoms with Crippen LogP contribution in [-0.4, -0.2) is 52.8 Å². The number of aryl methyl sites for hydroxylation is 1. The van der Waals surface area contributed by atoms with Gasteiger partial charge in [-0.1, -0.05) is 19.9 Å². The molecule has 1 aliphatic rings. The number of thiazole rings is 1. The SMILES string of the molecule is CCC(=O)/C(=C\c1ccc(N2CCN(CC)CC2)cc1C)c1cn2ccsc2n1. The van der Waals surface area contributed by atoms with E-state index in [0.29, 0.717) is 12.0 Å². The number of carbonyl (C=O) groups excluding carboxylic acids is 1. The van der Waals surface area contributed by atoms with E-state index in [2.05, 4.69) is 46.8 Å². The minimum Gasteiger partial charge on any atom is -0.369 e. The number of imidazole rings is 1. The summed E-state index contributed by atoms with van der Waals surface area (Å²) < 4.78 is 1.97. The van der Waals surface area contributed by atoms with Gasteiger partial charge >= 0.3 is 0 Å². The Morgan fingerprint density at radius 1 is 1.21 bits per heavy atom. The second-order valence-corrected chi connectivity index (χ2v) is 8.39. The summed E-state index contributed by atoms with van der Waals surface area (Å²) in [5.74, 6) is 0.120. The molecule has 1 aliphatic heterocycles. The van der Waals surface area contributed by atoms with Crippen molar-refractivity contribution in [2.45, 2.75) is 27.2 Å². The van der Waals surface area contributed by atoms with Crippen LogP contribution in [0.4, 0.5) is 5.69 Å². The number of benzene rings is 1. The molecule has 152 valence electrons. The Morgan fingerprint density at radius 3 is 2.66 bits per heavy atom. The topological polar surface area (TPSA) is 40.9 Å². The Bertz CT molecular complexity index is 1010. The largest absolute Gasteiger partial charge is 0.369 e. The van der Waals surface area contributed by atoms with Crippen LogP contribution in [0.3, 0.4) is 0 Å². The zero-order valence-electron chi connectivity index (χ0n) is 17.4. The van der Waals surface area contributed by atoms with E-state index in [1.165, 1.54) is 11.3 Å². The number of hydrogen-bond acceptors (Lipinski definition) is 5. The molecule has 6 heteroatoms. The molecule has 1 aromatic carbocycles. The van der Waals surface area contributed by atoms with Gasteiger partial charge in [0, 0.05) is 61.6 Å². The fraction of sp³-hybridized carbons (Fsp3) is 0.391. The molecule has 0 spiro atoms. The lowest BCUT2D eigenvalue weighted by atomic mass is 9.99. The lowest BCUT2D eigenvalue weighted by Crippen LogP contribution is -2.46. The van der Waals surface area contributed by atoms with Crippen LogP contribution >= 0.6 is 11.3 Å². The summed E-state index contributed by atoms with van der Waals surface area (Å²) in [4.78, 5) is 23.2. The fourth-order valence-electron chi connectivity index (χ4n) is 3.84. The summed E-state index contributed by atoms with van der Waals surface area (Å²) in [6, 6.07) is 6.56. The molecule has 29 heavy (non-hydrogen) atoms. The highest BCUT2D eigenvalue weighted by molar-refractivity contribution is 7.15. The number of Topliss-reactive ketones (excluding diaryl/α,β-unsaturated/α-hetero) is 1. The van der Waals surface area contributed by atoms with Crippen molar-refractivity contribution in [1.29, 1.82) is 0 Å². The second kappa shape index (κ2) is 8.51. The molecule has 5 nitrogen and oxygen atoms in total. The molecule has 2 aromatic heterocycles. The zero-order chi connectivity index (χ0) is 20.4. The van der Waals surface area contributed by atoms with Crippen molar-refractivity contribution < 1.29 is 4.79 Å². The first-order valence-corrected chi connectivity index (χ1v) is 11.2. The number of fused-ring (bicyclic) bond motifs is 1. The van der Waals surface area contributed by atoms with Gasteiger partial charge in [0.15, 0.2) is 10.7 Å². The summed E-state index contributed by atoms with van der Waals surface area (Å²) in [5.41, 5.74) is 4.97. The summed E-state index contributed by atoms with van der Waals surface area (Å²) >= 11 is 1.58. The summed E-state index contributed by atoms with van der Waals surface area (Å²) in [6.07, 6.45) is 6.40. The molecule has 4 rings (SSSR count). The van der Waals surface area contributed by atoms with E-state index in [1.807, 2.05) is 35.2 Å². The monoisotopic (exact) mass is 408 g/mol. The summed E-state index contributed by atoms with van der Waals surface area (Å²) in [7, 11) is 0. The molecule has 0 unspecified atom stereocenters. The predicted molar refractivity (Wildman–Crippen MR) is 122 cm³/mol. The molecule has 0 bridgehead atoms. The number of hydrogen-bond donors (Lipinski definition) is 0. The predicted octanol–water partition coefficient (Wildman–Crippen LogP) is 4.37. The van der Waals surface area contributed by atoms with E-state index < -0.39 is 0 Å². The molecule has 0 N–H and O–H groups in total. The Hall–Kier alpha value is -2.44. The van der Waals surface area contributed by atoms with Gasteiger partial charge in [-0.25, -0.2) is 4.98 Å². The molecular weight excluding hydrogens is 380 g/mol. The van der Waals surface area contributed by atoms with Crippen molar-refractivity contribution in [3.05, 3.63) is 52.8 Å². The number of anilines is 1. The first-order chi connectivity index (χ1) is 14.1. The van der Waals surface area contributed by atoms with Crippen LogP contribution in [0.15, 0.2) is 36.0 Å². The number of ketones is 1. The Morgan fingerprint density at radius 2 is 2.00 bits per heavy atom. The van der Waals surface area contributed by atoms with Gasteiger partial charge in [-0.2, -0.15) is 0 Å². The molecule has 0 saturated carbocycles. The van der Waals surface area contributed by atoms with Crippen LogP contribution in [0, 0.1) is 6.92 Å². The van der Waals surface area contributed by atoms with Gasteiger partial charge in [-0.15, -0.1) is 11.3 Å². The van der Waals surface area contributed by atoms with Crippen molar-refractivity contribution in [1.82, 2.24) is 14.3 Å². The minimum atomic E-state index is 0.120. The molecule has 1 fully saturated rings. The highest BCUT2D eigenvalue weighted by atomic mass is 32.1. The third-order valence-corrected chi connectivity index (χ3v) is 6.50. The highest BCUT2D eigenvalue weighted by Crippen LogP contribution is 2.26. The van der Waals surface area contributed by atoms with Crippen molar-refractivity contribution in [2.24, 2.45) is 0 Å². The average molecular weight is 409 g/mol. The zero-order valence-corrected chi connectivity index (χ0v) is 18.2. The molecular formula is C23H28N4OS. The molecule has 0 atom stereocenters. The molecule has 0 amide bonds. The maximum Gasteiger partial charge on any atom is 0.194 e. The van der Waals surface area contributed by atoms with Crippen LogP contribution in [0.2, 0.25) is 0 Å². The van der Waals surface area contributed by atoms with E-state index in [0.717, 1.165) is 48.9 Å². The van der Waals surface area contributed by atoms with E-state index in [1.54, 1.807) is 11.3 Å². The summed E-state index contributed by atoms with van der Waals surface area (Å²) in [6.45, 7) is 11.7. The van der Waals surface area contributed by atoms with Gasteiger partial charge in [0.05, 0.1) is 5.69 Å². The van der Waals surface area contributed by atoms with Crippen molar-refractivity contribution in [2.75, 3.05) is 37.6 Å². The van der Waals surface area contributed by atoms with Gasteiger partial charge < -0.3 is 9.80 Å². The van der Waals surface area contributed by atoms with Gasteiger partial charge in [0.1, 0.15) is 0 Å². The maximum absolute atomic E-state index is 12.7. The normalized spacial score (nSPS) is 16.0. The van der Waals surface area contributed by atoms with E-state index >= 15 is 0 Å². The number of carbonyl (C=O) groups is 1. The maximum atomic E-state index is 12.7. The number of likely N-dealkylation sites (N-methyl/N-ethyl adjacent to an activating group) is 1. The molecule has 1 saturated heterocycles. The van der Waals surface area contributed by atoms with Crippen molar-refractivity contribution in [3.8, 4) is 0 Å². The number of rotatable bonds is 6. The number of nitrogens with zero attached hydrogens (tertiary/aromatic N) is 4. The third-order valence-electron chi connectivity index (χ3n) is 5.73. The molecule has 3 aromatic rings. The quantitative estimate of drug-likeness (QED) is 0.568. The van der Waals surface area contributed by atoms with Gasteiger partial charge in [-0.3, -0.25) is 9.20 Å². The number of piperazine rings is 1. The number of aromatic nitrogens is 2. The van der Waals surface area contributed by atoms with Crippen LogP contribution in [0.25, 0.3) is 16.6 Å². The first kappa shape index (κ1) is 19.9. The fourth-order valence-corrected chi connectivity index (χ4v) is 4.54. The Labute approximate surface area is 176 Å². The van der Waals surface area contributed by atoms with Crippen LogP contribution in [-0.2, 0) is 4.79 Å². The lowest BCUT2D eigenvalue weighted by Gasteiger charge is -2.35. The average Bonchev–Trinajstić information content (AvgIpc) is 3.34. The van der Waals surface area contributed by atoms with Gasteiger partial charge in [0.2, 0.25) is 0 Å². The van der Waals surface area contributed by atoms with Crippen LogP contribution in [0.1, 0.15) is 37.1 Å². The standard InChI is InChI=1S/C23H28N4OS/c1-4-22(28)20(21-16-27-12-13-29-23(27)24-21)15-18-6-7-19(14-17(18)3)26-10-8-25(5-2)9-11-26/h6-7,12-16H,4-5,8-11H2,1-3H3/b20-15-. The summed E-state index contributed by atoms with van der Waals surface area (Å²) in [5, 5.41) is 2.00. The molecule has 0 aliphatic carbocycles.